The number of nitrogens with two attached hydrogens (primary N) is 1. The minimum Gasteiger partial charge on any atom is -0.490 e. The normalized spacial score (nSPS) is 19.3. The number of para-hydroxylation sites is 2. The highest BCUT2D eigenvalue weighted by Gasteiger charge is 2.33. The van der Waals surface area contributed by atoms with Crippen molar-refractivity contribution < 1.29 is 17.9 Å². The maximum Gasteiger partial charge on any atom is 0.217 e. The van der Waals surface area contributed by atoms with E-state index in [9.17, 15) is 8.42 Å². The van der Waals surface area contributed by atoms with E-state index in [1.807, 2.05) is 13.8 Å². The number of hydrogen-bond donors (Lipinski definition) is 1. The number of hydrogen-bond acceptors (Lipinski definition) is 5. The van der Waals surface area contributed by atoms with E-state index < -0.39 is 15.6 Å². The first-order chi connectivity index (χ1) is 9.80. The van der Waals surface area contributed by atoms with Gasteiger partial charge in [-0.05, 0) is 26.0 Å². The summed E-state index contributed by atoms with van der Waals surface area (Å²) < 4.78 is 37.1. The van der Waals surface area contributed by atoms with E-state index in [0.29, 0.717) is 31.1 Å². The van der Waals surface area contributed by atoms with Crippen molar-refractivity contribution in [3.8, 4) is 5.75 Å². The highest BCUT2D eigenvalue weighted by Crippen LogP contribution is 2.21. The second-order valence-electron chi connectivity index (χ2n) is 5.64. The SMILES string of the molecule is CC1(C)CN(S(=O)(=O)CCOc2ccccc2N)CCO1. The van der Waals surface area contributed by atoms with Gasteiger partial charge < -0.3 is 15.2 Å². The highest BCUT2D eigenvalue weighted by atomic mass is 32.2. The molecule has 2 N–H and O–H groups in total. The standard InChI is InChI=1S/C14H22N2O4S/c1-14(2)11-16(7-8-20-14)21(17,18)10-9-19-13-6-4-3-5-12(13)15/h3-6H,7-11,15H2,1-2H3. The maximum atomic E-state index is 12.3. The summed E-state index contributed by atoms with van der Waals surface area (Å²) in [6, 6.07) is 7.04. The van der Waals surface area contributed by atoms with E-state index in [4.69, 9.17) is 15.2 Å². The summed E-state index contributed by atoms with van der Waals surface area (Å²) in [6.45, 7) is 5.01. The van der Waals surface area contributed by atoms with Gasteiger partial charge in [0.15, 0.2) is 0 Å². The lowest BCUT2D eigenvalue weighted by atomic mass is 10.1. The van der Waals surface area contributed by atoms with Crippen LogP contribution in [0.1, 0.15) is 13.8 Å². The van der Waals surface area contributed by atoms with Crippen molar-refractivity contribution in [3.63, 3.8) is 0 Å². The molecule has 0 radical (unpaired) electrons. The van der Waals surface area contributed by atoms with Crippen molar-refractivity contribution >= 4 is 15.7 Å². The number of morpholine rings is 1. The Morgan fingerprint density at radius 1 is 1.38 bits per heavy atom. The average molecular weight is 314 g/mol. The molecule has 1 aliphatic rings. The summed E-state index contributed by atoms with van der Waals surface area (Å²) in [5, 5.41) is 0. The fourth-order valence-electron chi connectivity index (χ4n) is 2.21. The number of sulfonamides is 1. The lowest BCUT2D eigenvalue weighted by molar-refractivity contribution is -0.0640. The second kappa shape index (κ2) is 6.21. The smallest absolute Gasteiger partial charge is 0.217 e. The number of anilines is 1. The molecule has 2 rings (SSSR count). The second-order valence-corrected chi connectivity index (χ2v) is 7.73. The Morgan fingerprint density at radius 3 is 2.76 bits per heavy atom. The van der Waals surface area contributed by atoms with E-state index in [2.05, 4.69) is 0 Å². The lowest BCUT2D eigenvalue weighted by Gasteiger charge is -2.37. The van der Waals surface area contributed by atoms with E-state index >= 15 is 0 Å². The Hall–Kier alpha value is -1.31. The predicted molar refractivity (Wildman–Crippen MR) is 81.7 cm³/mol. The Balaban J connectivity index is 1.91. The van der Waals surface area contributed by atoms with Gasteiger partial charge in [-0.15, -0.1) is 0 Å². The maximum absolute atomic E-state index is 12.3. The zero-order chi connectivity index (χ0) is 15.5. The minimum absolute atomic E-state index is 0.0720. The molecule has 0 aromatic heterocycles. The molecule has 6 nitrogen and oxygen atoms in total. The predicted octanol–water partition coefficient (Wildman–Crippen LogP) is 1.09. The zero-order valence-electron chi connectivity index (χ0n) is 12.4. The molecule has 0 amide bonds. The summed E-state index contributed by atoms with van der Waals surface area (Å²) in [7, 11) is -3.35. The van der Waals surface area contributed by atoms with Gasteiger partial charge in [-0.1, -0.05) is 12.1 Å². The van der Waals surface area contributed by atoms with Gasteiger partial charge in [-0.25, -0.2) is 8.42 Å². The monoisotopic (exact) mass is 314 g/mol. The van der Waals surface area contributed by atoms with Crippen LogP contribution in [-0.4, -0.2) is 50.4 Å². The first-order valence-electron chi connectivity index (χ1n) is 6.89. The summed E-state index contributed by atoms with van der Waals surface area (Å²) in [6.07, 6.45) is 0. The van der Waals surface area contributed by atoms with Crippen molar-refractivity contribution in [2.24, 2.45) is 0 Å². The van der Waals surface area contributed by atoms with Crippen LogP contribution in [0.2, 0.25) is 0 Å². The number of ether oxygens (including phenoxy) is 2. The van der Waals surface area contributed by atoms with Gasteiger partial charge in [0.1, 0.15) is 12.4 Å². The van der Waals surface area contributed by atoms with E-state index in [-0.39, 0.29) is 12.4 Å². The molecular formula is C14H22N2O4S. The first kappa shape index (κ1) is 16.1. The number of benzene rings is 1. The Bertz CT molecular complexity index is 586. The lowest BCUT2D eigenvalue weighted by Crippen LogP contribution is -2.51. The van der Waals surface area contributed by atoms with E-state index in [0.717, 1.165) is 0 Å². The molecule has 1 fully saturated rings. The Morgan fingerprint density at radius 2 is 2.10 bits per heavy atom. The van der Waals surface area contributed by atoms with E-state index in [1.54, 1.807) is 24.3 Å². The van der Waals surface area contributed by atoms with Crippen LogP contribution in [0.3, 0.4) is 0 Å². The van der Waals surface area contributed by atoms with Crippen LogP contribution in [0.4, 0.5) is 5.69 Å². The molecule has 1 heterocycles. The molecule has 0 bridgehead atoms. The topological polar surface area (TPSA) is 81.9 Å². The fourth-order valence-corrected chi connectivity index (χ4v) is 3.62. The van der Waals surface area contributed by atoms with Crippen molar-refractivity contribution in [1.82, 2.24) is 4.31 Å². The van der Waals surface area contributed by atoms with Crippen molar-refractivity contribution in [3.05, 3.63) is 24.3 Å². The largest absolute Gasteiger partial charge is 0.490 e. The average Bonchev–Trinajstić information content (AvgIpc) is 2.40. The van der Waals surface area contributed by atoms with Crippen molar-refractivity contribution in [2.45, 2.75) is 19.4 Å². The third-order valence-corrected chi connectivity index (χ3v) is 5.08. The molecule has 0 saturated carbocycles. The third-order valence-electron chi connectivity index (χ3n) is 3.30. The summed E-state index contributed by atoms with van der Waals surface area (Å²) in [4.78, 5) is 0. The molecule has 0 atom stereocenters. The number of rotatable bonds is 5. The van der Waals surface area contributed by atoms with Crippen LogP contribution in [0.25, 0.3) is 0 Å². The minimum atomic E-state index is -3.35. The van der Waals surface area contributed by atoms with Crippen molar-refractivity contribution in [1.29, 1.82) is 0 Å². The van der Waals surface area contributed by atoms with Gasteiger partial charge >= 0.3 is 0 Å². The molecule has 7 heteroatoms. The van der Waals surface area contributed by atoms with Gasteiger partial charge in [-0.2, -0.15) is 4.31 Å². The summed E-state index contributed by atoms with van der Waals surface area (Å²) in [5.41, 5.74) is 5.80. The molecule has 1 aliphatic heterocycles. The zero-order valence-corrected chi connectivity index (χ0v) is 13.2. The number of nitrogen functional groups attached to an aromatic ring is 1. The third kappa shape index (κ3) is 4.33. The van der Waals surface area contributed by atoms with E-state index in [1.165, 1.54) is 4.31 Å². The molecule has 1 aromatic rings. The van der Waals surface area contributed by atoms with Gasteiger partial charge in [0, 0.05) is 13.1 Å². The first-order valence-corrected chi connectivity index (χ1v) is 8.50. The molecule has 0 aliphatic carbocycles. The molecule has 1 aromatic carbocycles. The van der Waals surface area contributed by atoms with Crippen molar-refractivity contribution in [2.75, 3.05) is 37.8 Å². The molecule has 0 unspecified atom stereocenters. The van der Waals surface area contributed by atoms with Gasteiger partial charge in [0.2, 0.25) is 10.0 Å². The molecule has 118 valence electrons. The molecular weight excluding hydrogens is 292 g/mol. The summed E-state index contributed by atoms with van der Waals surface area (Å²) >= 11 is 0. The van der Waals surface area contributed by atoms with Gasteiger partial charge in [-0.3, -0.25) is 0 Å². The van der Waals surface area contributed by atoms with Gasteiger partial charge in [0.25, 0.3) is 0 Å². The Labute approximate surface area is 125 Å². The van der Waals surface area contributed by atoms with Crippen LogP contribution in [0.5, 0.6) is 5.75 Å². The van der Waals surface area contributed by atoms with Gasteiger partial charge in [0.05, 0.1) is 23.6 Å². The van der Waals surface area contributed by atoms with Crippen LogP contribution in [-0.2, 0) is 14.8 Å². The highest BCUT2D eigenvalue weighted by molar-refractivity contribution is 7.89. The van der Waals surface area contributed by atoms with Crippen LogP contribution >= 0.6 is 0 Å². The fraction of sp³-hybridized carbons (Fsp3) is 0.571. The van der Waals surface area contributed by atoms with Crippen LogP contribution in [0.15, 0.2) is 24.3 Å². The quantitative estimate of drug-likeness (QED) is 0.823. The summed E-state index contributed by atoms with van der Waals surface area (Å²) in [5.74, 6) is 0.437. The number of nitrogens with zero attached hydrogens (tertiary/aromatic N) is 1. The Kier molecular flexibility index (Phi) is 4.75. The molecule has 1 saturated heterocycles. The molecule has 21 heavy (non-hydrogen) atoms. The van der Waals surface area contributed by atoms with Crippen LogP contribution in [0, 0.1) is 0 Å². The molecule has 0 spiro atoms. The van der Waals surface area contributed by atoms with Crippen LogP contribution < -0.4 is 10.5 Å².